The Hall–Kier alpha value is -0.570. The molecule has 0 aliphatic rings. The third kappa shape index (κ3) is 5.26. The van der Waals surface area contributed by atoms with E-state index < -0.39 is 5.41 Å². The van der Waals surface area contributed by atoms with E-state index in [0.29, 0.717) is 0 Å². The van der Waals surface area contributed by atoms with Crippen molar-refractivity contribution in [1.82, 2.24) is 5.32 Å². The fraction of sp³-hybridized carbons (Fsp3) is 0.947. The van der Waals surface area contributed by atoms with Gasteiger partial charge in [0.25, 0.3) is 0 Å². The Labute approximate surface area is 138 Å². The molecule has 0 aliphatic heterocycles. The Kier molecular flexibility index (Phi) is 10.8. The summed E-state index contributed by atoms with van der Waals surface area (Å²) < 4.78 is 5.19. The van der Waals surface area contributed by atoms with Gasteiger partial charge >= 0.3 is 5.97 Å². The van der Waals surface area contributed by atoms with Gasteiger partial charge in [-0.1, -0.05) is 59.8 Å². The van der Waals surface area contributed by atoms with Gasteiger partial charge in [-0.3, -0.25) is 4.79 Å². The standard InChI is InChI=1S/C19H39NO2/c1-7-11-13-16-20-19(14-9-3,15-12-8-2)18(5,10-4)17(21)22-6/h20H,7-16H2,1-6H3. The summed E-state index contributed by atoms with van der Waals surface area (Å²) in [4.78, 5) is 12.6. The first kappa shape index (κ1) is 21.4. The Morgan fingerprint density at radius 2 is 1.59 bits per heavy atom. The van der Waals surface area contributed by atoms with Crippen molar-refractivity contribution in [2.24, 2.45) is 5.41 Å². The minimum Gasteiger partial charge on any atom is -0.469 e. The Morgan fingerprint density at radius 1 is 0.955 bits per heavy atom. The van der Waals surface area contributed by atoms with Gasteiger partial charge in [0.1, 0.15) is 0 Å². The number of esters is 1. The molecule has 0 spiro atoms. The normalized spacial score (nSPS) is 16.8. The van der Waals surface area contributed by atoms with Crippen LogP contribution in [0.15, 0.2) is 0 Å². The molecule has 132 valence electrons. The number of hydrogen-bond donors (Lipinski definition) is 1. The summed E-state index contributed by atoms with van der Waals surface area (Å²) in [6.45, 7) is 11.8. The van der Waals surface area contributed by atoms with E-state index in [4.69, 9.17) is 4.74 Å². The third-order valence-electron chi connectivity index (χ3n) is 5.28. The number of carbonyl (C=O) groups excluding carboxylic acids is 1. The van der Waals surface area contributed by atoms with E-state index in [-0.39, 0.29) is 11.5 Å². The molecule has 0 saturated carbocycles. The maximum absolute atomic E-state index is 12.6. The van der Waals surface area contributed by atoms with Crippen LogP contribution in [0.2, 0.25) is 0 Å². The van der Waals surface area contributed by atoms with Crippen LogP contribution in [0.5, 0.6) is 0 Å². The van der Waals surface area contributed by atoms with E-state index in [1.54, 1.807) is 0 Å². The molecular weight excluding hydrogens is 274 g/mol. The highest BCUT2D eigenvalue weighted by Crippen LogP contribution is 2.42. The lowest BCUT2D eigenvalue weighted by atomic mass is 9.64. The van der Waals surface area contributed by atoms with E-state index in [0.717, 1.165) is 45.1 Å². The van der Waals surface area contributed by atoms with Gasteiger partial charge in [-0.2, -0.15) is 0 Å². The third-order valence-corrected chi connectivity index (χ3v) is 5.28. The lowest BCUT2D eigenvalue weighted by molar-refractivity contribution is -0.158. The Bertz CT molecular complexity index is 306. The molecule has 0 heterocycles. The molecule has 0 aromatic heterocycles. The van der Waals surface area contributed by atoms with E-state index in [2.05, 4.69) is 39.9 Å². The van der Waals surface area contributed by atoms with Crippen molar-refractivity contribution in [2.75, 3.05) is 13.7 Å². The van der Waals surface area contributed by atoms with E-state index in [1.807, 2.05) is 0 Å². The zero-order chi connectivity index (χ0) is 17.1. The van der Waals surface area contributed by atoms with Crippen LogP contribution in [0.3, 0.4) is 0 Å². The second kappa shape index (κ2) is 11.0. The van der Waals surface area contributed by atoms with Gasteiger partial charge in [-0.05, 0) is 39.2 Å². The van der Waals surface area contributed by atoms with Crippen LogP contribution in [-0.2, 0) is 9.53 Å². The topological polar surface area (TPSA) is 38.3 Å². The number of ether oxygens (including phenoxy) is 1. The van der Waals surface area contributed by atoms with Crippen LogP contribution in [0, 0.1) is 5.41 Å². The number of nitrogens with one attached hydrogen (secondary N) is 1. The molecular formula is C19H39NO2. The number of unbranched alkanes of at least 4 members (excludes halogenated alkanes) is 3. The zero-order valence-electron chi connectivity index (χ0n) is 15.9. The van der Waals surface area contributed by atoms with Crippen molar-refractivity contribution in [3.05, 3.63) is 0 Å². The number of hydrogen-bond acceptors (Lipinski definition) is 3. The van der Waals surface area contributed by atoms with Gasteiger partial charge in [0.15, 0.2) is 0 Å². The SMILES string of the molecule is CCCCCNC(CCC)(CCCC)C(C)(CC)C(=O)OC. The summed E-state index contributed by atoms with van der Waals surface area (Å²) in [5, 5.41) is 3.81. The second-order valence-electron chi connectivity index (χ2n) is 6.75. The summed E-state index contributed by atoms with van der Waals surface area (Å²) in [5.41, 5.74) is -0.605. The van der Waals surface area contributed by atoms with Crippen LogP contribution in [0.4, 0.5) is 0 Å². The zero-order valence-corrected chi connectivity index (χ0v) is 15.9. The van der Waals surface area contributed by atoms with Crippen LogP contribution < -0.4 is 5.32 Å². The highest BCUT2D eigenvalue weighted by Gasteiger charge is 2.51. The van der Waals surface area contributed by atoms with E-state index >= 15 is 0 Å². The molecule has 2 atom stereocenters. The van der Waals surface area contributed by atoms with Gasteiger partial charge in [-0.25, -0.2) is 0 Å². The molecule has 0 aliphatic carbocycles. The maximum Gasteiger partial charge on any atom is 0.313 e. The highest BCUT2D eigenvalue weighted by atomic mass is 16.5. The van der Waals surface area contributed by atoms with Crippen molar-refractivity contribution in [1.29, 1.82) is 0 Å². The monoisotopic (exact) mass is 313 g/mol. The van der Waals surface area contributed by atoms with Gasteiger partial charge < -0.3 is 10.1 Å². The highest BCUT2D eigenvalue weighted by molar-refractivity contribution is 5.78. The molecule has 3 heteroatoms. The van der Waals surface area contributed by atoms with Crippen molar-refractivity contribution in [3.8, 4) is 0 Å². The van der Waals surface area contributed by atoms with Gasteiger partial charge in [0, 0.05) is 5.54 Å². The van der Waals surface area contributed by atoms with Crippen LogP contribution >= 0.6 is 0 Å². The average Bonchev–Trinajstić information content (AvgIpc) is 2.54. The van der Waals surface area contributed by atoms with Crippen molar-refractivity contribution in [2.45, 2.75) is 97.9 Å². The van der Waals surface area contributed by atoms with Crippen molar-refractivity contribution < 1.29 is 9.53 Å². The van der Waals surface area contributed by atoms with Crippen LogP contribution in [0.1, 0.15) is 92.4 Å². The molecule has 22 heavy (non-hydrogen) atoms. The number of methoxy groups -OCH3 is 1. The molecule has 1 N–H and O–H groups in total. The van der Waals surface area contributed by atoms with E-state index in [9.17, 15) is 4.79 Å². The summed E-state index contributed by atoms with van der Waals surface area (Å²) in [6, 6.07) is 0. The second-order valence-corrected chi connectivity index (χ2v) is 6.75. The molecule has 0 aromatic carbocycles. The Morgan fingerprint density at radius 3 is 2.05 bits per heavy atom. The van der Waals surface area contributed by atoms with Gasteiger partial charge in [0.05, 0.1) is 12.5 Å². The quantitative estimate of drug-likeness (QED) is 0.380. The summed E-state index contributed by atoms with van der Waals surface area (Å²) in [5.74, 6) is -0.0671. The summed E-state index contributed by atoms with van der Waals surface area (Å²) >= 11 is 0. The summed E-state index contributed by atoms with van der Waals surface area (Å²) in [6.07, 6.45) is 9.90. The summed E-state index contributed by atoms with van der Waals surface area (Å²) in [7, 11) is 1.52. The van der Waals surface area contributed by atoms with Crippen molar-refractivity contribution >= 4 is 5.97 Å². The van der Waals surface area contributed by atoms with Crippen LogP contribution in [-0.4, -0.2) is 25.2 Å². The molecule has 0 amide bonds. The predicted octanol–water partition coefficient (Wildman–Crippen LogP) is 5.08. The largest absolute Gasteiger partial charge is 0.469 e. The lowest BCUT2D eigenvalue weighted by Gasteiger charge is -2.48. The first-order valence-electron chi connectivity index (χ1n) is 9.31. The lowest BCUT2D eigenvalue weighted by Crippen LogP contribution is -2.60. The van der Waals surface area contributed by atoms with Crippen LogP contribution in [0.25, 0.3) is 0 Å². The molecule has 0 bridgehead atoms. The fourth-order valence-electron chi connectivity index (χ4n) is 3.56. The van der Waals surface area contributed by atoms with Gasteiger partial charge in [0.2, 0.25) is 0 Å². The minimum atomic E-state index is -0.459. The van der Waals surface area contributed by atoms with Crippen molar-refractivity contribution in [3.63, 3.8) is 0 Å². The van der Waals surface area contributed by atoms with Gasteiger partial charge in [-0.15, -0.1) is 0 Å². The molecule has 0 fully saturated rings. The average molecular weight is 314 g/mol. The molecule has 0 radical (unpaired) electrons. The first-order valence-corrected chi connectivity index (χ1v) is 9.31. The number of carbonyl (C=O) groups is 1. The first-order chi connectivity index (χ1) is 10.5. The molecule has 0 aromatic rings. The fourth-order valence-corrected chi connectivity index (χ4v) is 3.56. The number of rotatable bonds is 13. The van der Waals surface area contributed by atoms with E-state index in [1.165, 1.54) is 26.4 Å². The molecule has 3 nitrogen and oxygen atoms in total. The maximum atomic E-state index is 12.6. The smallest absolute Gasteiger partial charge is 0.313 e. The molecule has 0 saturated heterocycles. The minimum absolute atomic E-state index is 0.0671. The molecule has 2 unspecified atom stereocenters. The Balaban J connectivity index is 5.41. The predicted molar refractivity (Wildman–Crippen MR) is 95.1 cm³/mol. The molecule has 0 rings (SSSR count).